The van der Waals surface area contributed by atoms with Crippen LogP contribution in [0.15, 0.2) is 58.5 Å². The molecule has 0 atom stereocenters. The number of carbonyl (C=O) groups excluding carboxylic acids is 1. The fraction of sp³-hybridized carbons (Fsp3) is 0.476. The number of carbonyl (C=O) groups is 1. The molecule has 5 nitrogen and oxygen atoms in total. The van der Waals surface area contributed by atoms with Crippen LogP contribution in [-0.2, 0) is 19.4 Å². The lowest BCUT2D eigenvalue weighted by molar-refractivity contribution is -0.137. The Morgan fingerprint density at radius 3 is 2.15 bits per heavy atom. The number of ether oxygens (including phenoxy) is 1. The van der Waals surface area contributed by atoms with Gasteiger partial charge in [0.1, 0.15) is 0 Å². The predicted octanol–water partition coefficient (Wildman–Crippen LogP) is 4.32. The molecule has 0 aliphatic rings. The molecule has 0 N–H and O–H groups in total. The van der Waals surface area contributed by atoms with Crippen LogP contribution in [-0.4, -0.2) is 39.0 Å². The summed E-state index contributed by atoms with van der Waals surface area (Å²) in [6.07, 6.45) is 9.11. The number of benzene rings is 1. The van der Waals surface area contributed by atoms with Crippen LogP contribution >= 0.6 is 0 Å². The molecule has 0 aliphatic carbocycles. The van der Waals surface area contributed by atoms with Gasteiger partial charge in [0, 0.05) is 13.1 Å². The summed E-state index contributed by atoms with van der Waals surface area (Å²) in [6, 6.07) is 7.93. The summed E-state index contributed by atoms with van der Waals surface area (Å²) in [5, 5.41) is 0. The van der Waals surface area contributed by atoms with Gasteiger partial charge in [-0.1, -0.05) is 44.9 Å². The fourth-order valence-corrected chi connectivity index (χ4v) is 3.74. The number of allylic oxidation sites excluding steroid dienone is 2. The Bertz CT molecular complexity index is 716. The topological polar surface area (TPSA) is 63.7 Å². The van der Waals surface area contributed by atoms with Crippen LogP contribution in [0.5, 0.6) is 0 Å². The van der Waals surface area contributed by atoms with Crippen molar-refractivity contribution in [2.75, 3.05) is 19.7 Å². The van der Waals surface area contributed by atoms with E-state index in [0.717, 1.165) is 38.8 Å². The SMILES string of the molecule is CCCCN(C=CC=C(C(=O)OCC)S(=O)(=O)c1ccccc1)CCCC. The van der Waals surface area contributed by atoms with Crippen molar-refractivity contribution in [3.05, 3.63) is 53.6 Å². The summed E-state index contributed by atoms with van der Waals surface area (Å²) in [6.45, 7) is 7.84. The summed E-state index contributed by atoms with van der Waals surface area (Å²) in [5.41, 5.74) is 0. The van der Waals surface area contributed by atoms with Crippen LogP contribution in [0.4, 0.5) is 0 Å². The highest BCUT2D eigenvalue weighted by Crippen LogP contribution is 2.20. The van der Waals surface area contributed by atoms with Gasteiger partial charge in [0.25, 0.3) is 0 Å². The highest BCUT2D eigenvalue weighted by atomic mass is 32.2. The van der Waals surface area contributed by atoms with Gasteiger partial charge in [-0.25, -0.2) is 13.2 Å². The fourth-order valence-electron chi connectivity index (χ4n) is 2.43. The maximum atomic E-state index is 12.9. The van der Waals surface area contributed by atoms with E-state index in [2.05, 4.69) is 18.7 Å². The quantitative estimate of drug-likeness (QED) is 0.301. The Kier molecular flexibility index (Phi) is 10.5. The average molecular weight is 394 g/mol. The Labute approximate surface area is 163 Å². The molecular formula is C21H31NO4S. The number of hydrogen-bond acceptors (Lipinski definition) is 5. The van der Waals surface area contributed by atoms with Crippen molar-refractivity contribution in [3.63, 3.8) is 0 Å². The molecular weight excluding hydrogens is 362 g/mol. The third-order valence-electron chi connectivity index (χ3n) is 3.96. The van der Waals surface area contributed by atoms with Crippen molar-refractivity contribution in [1.29, 1.82) is 0 Å². The molecule has 1 aromatic rings. The van der Waals surface area contributed by atoms with E-state index >= 15 is 0 Å². The van der Waals surface area contributed by atoms with E-state index in [4.69, 9.17) is 4.74 Å². The first-order valence-corrected chi connectivity index (χ1v) is 11.0. The second-order valence-electron chi connectivity index (χ2n) is 6.15. The van der Waals surface area contributed by atoms with E-state index in [1.807, 2.05) is 6.20 Å². The summed E-state index contributed by atoms with van der Waals surface area (Å²) >= 11 is 0. The number of rotatable bonds is 12. The van der Waals surface area contributed by atoms with Crippen LogP contribution in [0.25, 0.3) is 0 Å². The number of nitrogens with zero attached hydrogens (tertiary/aromatic N) is 1. The molecule has 27 heavy (non-hydrogen) atoms. The average Bonchev–Trinajstić information content (AvgIpc) is 2.67. The monoisotopic (exact) mass is 393 g/mol. The van der Waals surface area contributed by atoms with E-state index in [-0.39, 0.29) is 16.4 Å². The summed E-state index contributed by atoms with van der Waals surface area (Å²) in [7, 11) is -3.94. The first-order valence-electron chi connectivity index (χ1n) is 9.57. The van der Waals surface area contributed by atoms with Gasteiger partial charge >= 0.3 is 5.97 Å². The highest BCUT2D eigenvalue weighted by Gasteiger charge is 2.27. The Balaban J connectivity index is 3.13. The molecule has 0 fully saturated rings. The zero-order valence-electron chi connectivity index (χ0n) is 16.6. The molecule has 0 bridgehead atoms. The largest absolute Gasteiger partial charge is 0.462 e. The van der Waals surface area contributed by atoms with Gasteiger partial charge in [-0.05, 0) is 50.3 Å². The van der Waals surface area contributed by atoms with E-state index in [1.54, 1.807) is 31.2 Å². The minimum Gasteiger partial charge on any atom is -0.462 e. The summed E-state index contributed by atoms with van der Waals surface area (Å²) in [4.78, 5) is 14.1. The Morgan fingerprint density at radius 2 is 1.63 bits per heavy atom. The third kappa shape index (κ3) is 7.59. The molecule has 0 radical (unpaired) electrons. The zero-order valence-corrected chi connectivity index (χ0v) is 17.4. The molecule has 0 spiro atoms. The van der Waals surface area contributed by atoms with Crippen molar-refractivity contribution in [2.45, 2.75) is 51.3 Å². The van der Waals surface area contributed by atoms with Gasteiger partial charge in [0.05, 0.1) is 11.5 Å². The van der Waals surface area contributed by atoms with Crippen molar-refractivity contribution in [2.24, 2.45) is 0 Å². The number of sulfone groups is 1. The molecule has 0 saturated carbocycles. The minimum absolute atomic E-state index is 0.0755. The van der Waals surface area contributed by atoms with Crippen molar-refractivity contribution >= 4 is 15.8 Å². The lowest BCUT2D eigenvalue weighted by Gasteiger charge is -2.19. The molecule has 0 aliphatic heterocycles. The second-order valence-corrected chi connectivity index (χ2v) is 8.07. The van der Waals surface area contributed by atoms with Crippen molar-refractivity contribution < 1.29 is 17.9 Å². The molecule has 6 heteroatoms. The zero-order chi connectivity index (χ0) is 20.1. The highest BCUT2D eigenvalue weighted by molar-refractivity contribution is 7.96. The molecule has 1 rings (SSSR count). The van der Waals surface area contributed by atoms with Crippen LogP contribution in [0.3, 0.4) is 0 Å². The Hall–Kier alpha value is -2.08. The van der Waals surface area contributed by atoms with Gasteiger partial charge in [0.15, 0.2) is 4.91 Å². The number of esters is 1. The summed E-state index contributed by atoms with van der Waals surface area (Å²) in [5.74, 6) is -0.834. The molecule has 1 aromatic carbocycles. The molecule has 0 heterocycles. The van der Waals surface area contributed by atoms with Crippen LogP contribution in [0, 0.1) is 0 Å². The molecule has 0 aromatic heterocycles. The van der Waals surface area contributed by atoms with Crippen LogP contribution in [0.2, 0.25) is 0 Å². The maximum absolute atomic E-state index is 12.9. The van der Waals surface area contributed by atoms with E-state index in [0.29, 0.717) is 0 Å². The first kappa shape index (κ1) is 23.0. The van der Waals surface area contributed by atoms with Gasteiger partial charge in [0.2, 0.25) is 9.84 Å². The number of hydrogen-bond donors (Lipinski definition) is 0. The molecule has 150 valence electrons. The smallest absolute Gasteiger partial charge is 0.350 e. The van der Waals surface area contributed by atoms with Crippen molar-refractivity contribution in [1.82, 2.24) is 4.90 Å². The standard InChI is InChI=1S/C21H31NO4S/c1-4-7-16-22(17-8-5-2)18-12-15-20(21(23)26-6-3)27(24,25)19-13-10-9-11-14-19/h9-15,18H,4-8,16-17H2,1-3H3. The molecule has 0 unspecified atom stereocenters. The normalized spacial score (nSPS) is 12.3. The van der Waals surface area contributed by atoms with Gasteiger partial charge in [-0.15, -0.1) is 0 Å². The third-order valence-corrected chi connectivity index (χ3v) is 5.74. The molecule has 0 amide bonds. The van der Waals surface area contributed by atoms with Crippen LogP contribution < -0.4 is 0 Å². The first-order chi connectivity index (χ1) is 13.0. The van der Waals surface area contributed by atoms with Crippen LogP contribution in [0.1, 0.15) is 46.5 Å². The van der Waals surface area contributed by atoms with Gasteiger partial charge in [-0.2, -0.15) is 0 Å². The predicted molar refractivity (Wildman–Crippen MR) is 109 cm³/mol. The lowest BCUT2D eigenvalue weighted by atomic mass is 10.3. The summed E-state index contributed by atoms with van der Waals surface area (Å²) < 4.78 is 30.7. The lowest BCUT2D eigenvalue weighted by Crippen LogP contribution is -2.20. The second kappa shape index (κ2) is 12.3. The van der Waals surface area contributed by atoms with Gasteiger partial charge < -0.3 is 9.64 Å². The molecule has 0 saturated heterocycles. The minimum atomic E-state index is -3.94. The Morgan fingerprint density at radius 1 is 1.04 bits per heavy atom. The van der Waals surface area contributed by atoms with E-state index in [9.17, 15) is 13.2 Å². The van der Waals surface area contributed by atoms with E-state index < -0.39 is 15.8 Å². The van der Waals surface area contributed by atoms with Crippen molar-refractivity contribution in [3.8, 4) is 0 Å². The maximum Gasteiger partial charge on any atom is 0.350 e. The van der Waals surface area contributed by atoms with E-state index in [1.165, 1.54) is 18.2 Å². The van der Waals surface area contributed by atoms with Gasteiger partial charge in [-0.3, -0.25) is 0 Å². The number of unbranched alkanes of at least 4 members (excludes halogenated alkanes) is 2.